The van der Waals surface area contributed by atoms with E-state index in [1.807, 2.05) is 0 Å². The van der Waals surface area contributed by atoms with E-state index in [1.165, 1.54) is 0 Å². The van der Waals surface area contributed by atoms with Crippen molar-refractivity contribution in [2.24, 2.45) is 4.36 Å². The molecule has 1 unspecified atom stereocenters. The standard InChI is InChI=1S/C8H15NO5S/c1-8(2,3)14-7(12)9-15(4,13)5-6(10)11/h5H2,1-4H3,(H,10,11). The van der Waals surface area contributed by atoms with Gasteiger partial charge < -0.3 is 9.84 Å². The number of amides is 1. The lowest BCUT2D eigenvalue weighted by Gasteiger charge is -2.17. The molecule has 1 atom stereocenters. The van der Waals surface area contributed by atoms with Gasteiger partial charge >= 0.3 is 12.1 Å². The average molecular weight is 237 g/mol. The predicted molar refractivity (Wildman–Crippen MR) is 55.2 cm³/mol. The van der Waals surface area contributed by atoms with E-state index in [9.17, 15) is 13.8 Å². The zero-order valence-electron chi connectivity index (χ0n) is 9.14. The highest BCUT2D eigenvalue weighted by Crippen LogP contribution is 2.09. The Bertz CT molecular complexity index is 373. The van der Waals surface area contributed by atoms with E-state index in [-0.39, 0.29) is 0 Å². The normalized spacial score (nSPS) is 15.2. The Morgan fingerprint density at radius 3 is 2.20 bits per heavy atom. The third kappa shape index (κ3) is 7.92. The molecule has 88 valence electrons. The van der Waals surface area contributed by atoms with Crippen LogP contribution in [0.2, 0.25) is 0 Å². The minimum absolute atomic E-state index is 0.674. The van der Waals surface area contributed by atoms with Crippen molar-refractivity contribution in [2.45, 2.75) is 26.4 Å². The molecule has 0 rings (SSSR count). The summed E-state index contributed by atoms with van der Waals surface area (Å²) in [5.41, 5.74) is -0.737. The van der Waals surface area contributed by atoms with Crippen LogP contribution in [0, 0.1) is 0 Å². The van der Waals surface area contributed by atoms with Crippen molar-refractivity contribution in [3.63, 3.8) is 0 Å². The van der Waals surface area contributed by atoms with Crippen LogP contribution in [0.5, 0.6) is 0 Å². The second kappa shape index (κ2) is 4.61. The van der Waals surface area contributed by atoms with Crippen molar-refractivity contribution in [1.29, 1.82) is 0 Å². The molecule has 0 radical (unpaired) electrons. The first kappa shape index (κ1) is 13.9. The van der Waals surface area contributed by atoms with Crippen molar-refractivity contribution in [3.8, 4) is 0 Å². The average Bonchev–Trinajstić information content (AvgIpc) is 1.73. The van der Waals surface area contributed by atoms with Gasteiger partial charge in [-0.3, -0.25) is 4.79 Å². The Balaban J connectivity index is 4.69. The summed E-state index contributed by atoms with van der Waals surface area (Å²) in [7, 11) is -3.05. The lowest BCUT2D eigenvalue weighted by Crippen LogP contribution is -2.23. The van der Waals surface area contributed by atoms with Crippen molar-refractivity contribution in [3.05, 3.63) is 0 Å². The number of nitrogens with zero attached hydrogens (tertiary/aromatic N) is 1. The molecule has 0 spiro atoms. The smallest absolute Gasteiger partial charge is 0.442 e. The molecule has 0 aromatic carbocycles. The first-order valence-electron chi connectivity index (χ1n) is 4.16. The van der Waals surface area contributed by atoms with E-state index in [0.29, 0.717) is 0 Å². The lowest BCUT2D eigenvalue weighted by atomic mass is 10.2. The van der Waals surface area contributed by atoms with Crippen molar-refractivity contribution >= 4 is 21.8 Å². The molecule has 0 saturated carbocycles. The highest BCUT2D eigenvalue weighted by Gasteiger charge is 2.18. The van der Waals surface area contributed by atoms with Gasteiger partial charge in [0.15, 0.2) is 0 Å². The fraction of sp³-hybridized carbons (Fsp3) is 0.750. The van der Waals surface area contributed by atoms with E-state index >= 15 is 0 Å². The molecule has 15 heavy (non-hydrogen) atoms. The number of aliphatic carboxylic acids is 1. The van der Waals surface area contributed by atoms with Gasteiger partial charge in [0.2, 0.25) is 0 Å². The molecule has 0 fully saturated rings. The summed E-state index contributed by atoms with van der Waals surface area (Å²) in [6.07, 6.45) is 0.0987. The first-order valence-corrected chi connectivity index (χ1v) is 6.26. The topological polar surface area (TPSA) is 93.0 Å². The summed E-state index contributed by atoms with van der Waals surface area (Å²) in [5.74, 6) is -1.94. The Hall–Kier alpha value is -1.11. The molecule has 0 aromatic heterocycles. The van der Waals surface area contributed by atoms with Gasteiger partial charge in [-0.1, -0.05) is 0 Å². The van der Waals surface area contributed by atoms with Crippen molar-refractivity contribution in [1.82, 2.24) is 0 Å². The molecule has 1 N–H and O–H groups in total. The Morgan fingerprint density at radius 1 is 1.40 bits per heavy atom. The van der Waals surface area contributed by atoms with Gasteiger partial charge in [0.1, 0.15) is 11.4 Å². The molecule has 6 nitrogen and oxygen atoms in total. The van der Waals surface area contributed by atoms with Crippen LogP contribution in [0.4, 0.5) is 4.79 Å². The molecule has 0 aliphatic heterocycles. The third-order valence-corrected chi connectivity index (χ3v) is 2.37. The molecule has 0 bridgehead atoms. The van der Waals surface area contributed by atoms with Crippen LogP contribution in [-0.4, -0.2) is 39.0 Å². The maximum absolute atomic E-state index is 11.4. The van der Waals surface area contributed by atoms with E-state index in [1.54, 1.807) is 20.8 Å². The monoisotopic (exact) mass is 237 g/mol. The molecule has 0 saturated heterocycles. The number of carbonyl (C=O) groups excluding carboxylic acids is 1. The molecular weight excluding hydrogens is 222 g/mol. The maximum Gasteiger partial charge on any atom is 0.442 e. The summed E-state index contributed by atoms with van der Waals surface area (Å²) in [6, 6.07) is 0. The van der Waals surface area contributed by atoms with Crippen LogP contribution >= 0.6 is 0 Å². The number of carboxylic acids is 1. The Labute approximate surface area is 88.8 Å². The summed E-state index contributed by atoms with van der Waals surface area (Å²) < 4.78 is 19.4. The second-order valence-electron chi connectivity index (χ2n) is 4.07. The number of ether oxygens (including phenoxy) is 1. The van der Waals surface area contributed by atoms with Gasteiger partial charge in [-0.25, -0.2) is 9.00 Å². The quantitative estimate of drug-likeness (QED) is 0.776. The molecule has 0 aliphatic carbocycles. The van der Waals surface area contributed by atoms with Crippen LogP contribution in [0.3, 0.4) is 0 Å². The zero-order chi connectivity index (χ0) is 12.3. The van der Waals surface area contributed by atoms with Crippen molar-refractivity contribution < 1.29 is 23.6 Å². The van der Waals surface area contributed by atoms with Gasteiger partial charge in [0, 0.05) is 6.26 Å². The van der Waals surface area contributed by atoms with Crippen LogP contribution in [-0.2, 0) is 19.3 Å². The Kier molecular flexibility index (Phi) is 4.27. The fourth-order valence-electron chi connectivity index (χ4n) is 0.700. The fourth-order valence-corrected chi connectivity index (χ4v) is 1.57. The summed E-state index contributed by atoms with van der Waals surface area (Å²) >= 11 is 0. The first-order chi connectivity index (χ1) is 6.52. The van der Waals surface area contributed by atoms with E-state index in [4.69, 9.17) is 9.84 Å². The Morgan fingerprint density at radius 2 is 1.87 bits per heavy atom. The highest BCUT2D eigenvalue weighted by atomic mass is 32.2. The summed E-state index contributed by atoms with van der Waals surface area (Å²) in [4.78, 5) is 21.4. The van der Waals surface area contributed by atoms with Gasteiger partial charge in [-0.05, 0) is 20.8 Å². The minimum atomic E-state index is -3.05. The van der Waals surface area contributed by atoms with Gasteiger partial charge in [-0.15, -0.1) is 4.36 Å². The van der Waals surface area contributed by atoms with Gasteiger partial charge in [0.05, 0.1) is 9.73 Å². The number of hydrogen-bond acceptors (Lipinski definition) is 4. The second-order valence-corrected chi connectivity index (χ2v) is 6.46. The maximum atomic E-state index is 11.4. The van der Waals surface area contributed by atoms with E-state index < -0.39 is 33.1 Å². The van der Waals surface area contributed by atoms with E-state index in [0.717, 1.165) is 6.26 Å². The van der Waals surface area contributed by atoms with Crippen LogP contribution in [0.25, 0.3) is 0 Å². The highest BCUT2D eigenvalue weighted by molar-refractivity contribution is 7.93. The van der Waals surface area contributed by atoms with Crippen LogP contribution in [0.1, 0.15) is 20.8 Å². The van der Waals surface area contributed by atoms with Crippen LogP contribution in [0.15, 0.2) is 4.36 Å². The number of carbonyl (C=O) groups is 2. The molecule has 0 aromatic rings. The minimum Gasteiger partial charge on any atom is -0.481 e. The van der Waals surface area contributed by atoms with Gasteiger partial charge in [-0.2, -0.15) is 0 Å². The predicted octanol–water partition coefficient (Wildman–Crippen LogP) is 1.10. The summed E-state index contributed by atoms with van der Waals surface area (Å²) in [5, 5.41) is 8.40. The molecular formula is C8H15NO5S. The zero-order valence-corrected chi connectivity index (χ0v) is 9.96. The molecule has 0 aliphatic rings. The molecule has 1 amide bonds. The SMILES string of the molecule is CC(C)(C)OC(=O)N=S(C)(=O)CC(=O)O. The number of carboxylic acid groups (broad SMARTS) is 1. The summed E-state index contributed by atoms with van der Waals surface area (Å²) in [6.45, 7) is 4.90. The number of hydrogen-bond donors (Lipinski definition) is 1. The van der Waals surface area contributed by atoms with Crippen molar-refractivity contribution in [2.75, 3.05) is 12.0 Å². The number of rotatable bonds is 2. The largest absolute Gasteiger partial charge is 0.481 e. The molecule has 7 heteroatoms. The van der Waals surface area contributed by atoms with E-state index in [2.05, 4.69) is 4.36 Å². The van der Waals surface area contributed by atoms with Gasteiger partial charge in [0.25, 0.3) is 0 Å². The molecule has 0 heterocycles. The lowest BCUT2D eigenvalue weighted by molar-refractivity contribution is -0.133. The third-order valence-electron chi connectivity index (χ3n) is 1.05. The van der Waals surface area contributed by atoms with Crippen LogP contribution < -0.4 is 0 Å².